The highest BCUT2D eigenvalue weighted by Crippen LogP contribution is 2.25. The molecule has 3 aromatic rings. The van der Waals surface area contributed by atoms with Crippen LogP contribution in [0.15, 0.2) is 24.1 Å². The fraction of sp³-hybridized carbons (Fsp3) is 0. The van der Waals surface area contributed by atoms with Crippen LogP contribution in [-0.2, 0) is 0 Å². The third-order valence-electron chi connectivity index (χ3n) is 2.30. The summed E-state index contributed by atoms with van der Waals surface area (Å²) >= 11 is 1.40. The van der Waals surface area contributed by atoms with E-state index < -0.39 is 5.97 Å². The molecule has 0 saturated heterocycles. The summed E-state index contributed by atoms with van der Waals surface area (Å²) in [5.74, 6) is -1.08. The summed E-state index contributed by atoms with van der Waals surface area (Å²) in [6.07, 6.45) is 3.10. The lowest BCUT2D eigenvalue weighted by Gasteiger charge is -2.00. The number of thiazole rings is 1. The summed E-state index contributed by atoms with van der Waals surface area (Å²) < 4.78 is 0. The molecule has 0 unspecified atom stereocenters. The number of imidazole rings is 1. The van der Waals surface area contributed by atoms with Crippen molar-refractivity contribution in [3.63, 3.8) is 0 Å². The Morgan fingerprint density at radius 3 is 3.06 bits per heavy atom. The molecule has 3 heterocycles. The van der Waals surface area contributed by atoms with Gasteiger partial charge in [0, 0.05) is 6.20 Å². The first-order valence-electron chi connectivity index (χ1n) is 4.72. The Morgan fingerprint density at radius 2 is 2.35 bits per heavy atom. The number of fused-ring (bicyclic) bond motifs is 1. The Kier molecular flexibility index (Phi) is 2.12. The average Bonchev–Trinajstić information content (AvgIpc) is 2.98. The number of carbonyl (C=O) groups is 1. The number of aromatic nitrogens is 4. The van der Waals surface area contributed by atoms with Gasteiger partial charge < -0.3 is 10.1 Å². The first-order valence-corrected chi connectivity index (χ1v) is 5.60. The monoisotopic (exact) mass is 246 g/mol. The third kappa shape index (κ3) is 1.56. The number of nitrogens with zero attached hydrogens (tertiary/aromatic N) is 3. The van der Waals surface area contributed by atoms with E-state index in [0.29, 0.717) is 16.7 Å². The van der Waals surface area contributed by atoms with Crippen LogP contribution in [0.3, 0.4) is 0 Å². The number of pyridine rings is 1. The summed E-state index contributed by atoms with van der Waals surface area (Å²) in [7, 11) is 0. The van der Waals surface area contributed by atoms with Crippen LogP contribution in [0.2, 0.25) is 0 Å². The van der Waals surface area contributed by atoms with Crippen molar-refractivity contribution < 1.29 is 9.90 Å². The molecule has 3 aromatic heterocycles. The molecule has 0 spiro atoms. The van der Waals surface area contributed by atoms with Crippen LogP contribution in [0.5, 0.6) is 0 Å². The molecule has 0 fully saturated rings. The molecule has 3 rings (SSSR count). The Hall–Kier alpha value is -2.28. The van der Waals surface area contributed by atoms with Gasteiger partial charge in [0.1, 0.15) is 0 Å². The molecule has 0 saturated carbocycles. The molecule has 0 radical (unpaired) electrons. The van der Waals surface area contributed by atoms with E-state index >= 15 is 0 Å². The van der Waals surface area contributed by atoms with Gasteiger partial charge in [-0.05, 0) is 6.07 Å². The minimum atomic E-state index is -1.08. The van der Waals surface area contributed by atoms with E-state index in [1.807, 2.05) is 0 Å². The highest BCUT2D eigenvalue weighted by Gasteiger charge is 2.15. The number of H-pyrrole nitrogens is 1. The molecule has 2 N–H and O–H groups in total. The van der Waals surface area contributed by atoms with Crippen LogP contribution >= 0.6 is 11.3 Å². The third-order valence-corrected chi connectivity index (χ3v) is 3.09. The Balaban J connectivity index is 2.31. The summed E-state index contributed by atoms with van der Waals surface area (Å²) in [6, 6.07) is 1.74. The van der Waals surface area contributed by atoms with Crippen LogP contribution in [0, 0.1) is 0 Å². The fourth-order valence-corrected chi connectivity index (χ4v) is 2.15. The zero-order valence-electron chi connectivity index (χ0n) is 8.41. The average molecular weight is 246 g/mol. The van der Waals surface area contributed by atoms with Crippen molar-refractivity contribution in [2.24, 2.45) is 0 Å². The van der Waals surface area contributed by atoms with Crippen molar-refractivity contribution >= 4 is 28.3 Å². The lowest BCUT2D eigenvalue weighted by atomic mass is 10.2. The number of aromatic amines is 1. The predicted molar refractivity (Wildman–Crippen MR) is 62.0 cm³/mol. The maximum atomic E-state index is 11.1. The first-order chi connectivity index (χ1) is 8.25. The van der Waals surface area contributed by atoms with E-state index in [-0.39, 0.29) is 5.69 Å². The van der Waals surface area contributed by atoms with Gasteiger partial charge in [-0.25, -0.2) is 14.8 Å². The van der Waals surface area contributed by atoms with E-state index in [0.717, 1.165) is 4.88 Å². The minimum absolute atomic E-state index is 0.0246. The van der Waals surface area contributed by atoms with Gasteiger partial charge in [-0.1, -0.05) is 0 Å². The second-order valence-corrected chi connectivity index (χ2v) is 4.21. The molecule has 6 nitrogen and oxygen atoms in total. The SMILES string of the molecule is O=C(O)c1nc(-c2cncs2)cc2nc[nH]c12. The van der Waals surface area contributed by atoms with Crippen molar-refractivity contribution in [3.8, 4) is 10.6 Å². The first kappa shape index (κ1) is 9.91. The number of hydrogen-bond acceptors (Lipinski definition) is 5. The lowest BCUT2D eigenvalue weighted by molar-refractivity contribution is 0.0693. The van der Waals surface area contributed by atoms with E-state index in [1.54, 1.807) is 17.8 Å². The van der Waals surface area contributed by atoms with Crippen LogP contribution < -0.4 is 0 Å². The number of rotatable bonds is 2. The van der Waals surface area contributed by atoms with Gasteiger partial charge in [0.15, 0.2) is 5.69 Å². The molecule has 0 aliphatic rings. The number of nitrogens with one attached hydrogen (secondary N) is 1. The second-order valence-electron chi connectivity index (χ2n) is 3.32. The summed E-state index contributed by atoms with van der Waals surface area (Å²) in [4.78, 5) is 26.8. The maximum Gasteiger partial charge on any atom is 0.356 e. The molecule has 17 heavy (non-hydrogen) atoms. The molecule has 7 heteroatoms. The highest BCUT2D eigenvalue weighted by molar-refractivity contribution is 7.13. The Bertz CT molecular complexity index is 689. The largest absolute Gasteiger partial charge is 0.476 e. The molecule has 84 valence electrons. The van der Waals surface area contributed by atoms with Crippen molar-refractivity contribution in [3.05, 3.63) is 29.8 Å². The zero-order chi connectivity index (χ0) is 11.8. The topological polar surface area (TPSA) is 91.8 Å². The van der Waals surface area contributed by atoms with Crippen molar-refractivity contribution in [1.29, 1.82) is 0 Å². The smallest absolute Gasteiger partial charge is 0.356 e. The van der Waals surface area contributed by atoms with Crippen molar-refractivity contribution in [1.82, 2.24) is 19.9 Å². The van der Waals surface area contributed by atoms with Gasteiger partial charge in [0.05, 0.1) is 33.4 Å². The number of carboxylic acid groups (broad SMARTS) is 1. The van der Waals surface area contributed by atoms with E-state index in [2.05, 4.69) is 19.9 Å². The summed E-state index contributed by atoms with van der Waals surface area (Å²) in [5, 5.41) is 9.10. The van der Waals surface area contributed by atoms with Crippen LogP contribution in [-0.4, -0.2) is 31.0 Å². The highest BCUT2D eigenvalue weighted by atomic mass is 32.1. The summed E-state index contributed by atoms with van der Waals surface area (Å²) in [5.41, 5.74) is 3.24. The van der Waals surface area contributed by atoms with Gasteiger partial charge in [0.2, 0.25) is 0 Å². The number of aromatic carboxylic acids is 1. The fourth-order valence-electron chi connectivity index (χ4n) is 1.57. The maximum absolute atomic E-state index is 11.1. The van der Waals surface area contributed by atoms with Crippen LogP contribution in [0.1, 0.15) is 10.5 Å². The molecular weight excluding hydrogens is 240 g/mol. The minimum Gasteiger partial charge on any atom is -0.476 e. The molecule has 0 aliphatic carbocycles. The van der Waals surface area contributed by atoms with Crippen LogP contribution in [0.25, 0.3) is 21.6 Å². The molecule has 0 bridgehead atoms. The van der Waals surface area contributed by atoms with Gasteiger partial charge in [-0.15, -0.1) is 11.3 Å². The van der Waals surface area contributed by atoms with Crippen LogP contribution in [0.4, 0.5) is 0 Å². The second kappa shape index (κ2) is 3.63. The quantitative estimate of drug-likeness (QED) is 0.719. The van der Waals surface area contributed by atoms with Gasteiger partial charge in [0.25, 0.3) is 0 Å². The molecule has 0 aliphatic heterocycles. The van der Waals surface area contributed by atoms with Crippen molar-refractivity contribution in [2.45, 2.75) is 0 Å². The zero-order valence-corrected chi connectivity index (χ0v) is 9.23. The van der Waals surface area contributed by atoms with Gasteiger partial charge >= 0.3 is 5.97 Å². The Morgan fingerprint density at radius 1 is 1.47 bits per heavy atom. The molecule has 0 atom stereocenters. The van der Waals surface area contributed by atoms with E-state index in [4.69, 9.17) is 5.11 Å². The normalized spacial score (nSPS) is 10.8. The van der Waals surface area contributed by atoms with E-state index in [9.17, 15) is 4.79 Å². The van der Waals surface area contributed by atoms with Gasteiger partial charge in [-0.3, -0.25) is 4.98 Å². The molecule has 0 aromatic carbocycles. The van der Waals surface area contributed by atoms with Crippen molar-refractivity contribution in [2.75, 3.05) is 0 Å². The Labute approximate surface area is 99.0 Å². The van der Waals surface area contributed by atoms with E-state index in [1.165, 1.54) is 17.7 Å². The van der Waals surface area contributed by atoms with Gasteiger partial charge in [-0.2, -0.15) is 0 Å². The lowest BCUT2D eigenvalue weighted by Crippen LogP contribution is -2.02. The number of carboxylic acids is 1. The molecule has 0 amide bonds. The number of hydrogen-bond donors (Lipinski definition) is 2. The standard InChI is InChI=1S/C10H6N4O2S/c15-10(16)9-8-6(12-3-13-8)1-5(14-9)7-2-11-4-17-7/h1-4H,(H,12,13)(H,15,16). The predicted octanol–water partition coefficient (Wildman–Crippen LogP) is 1.78. The summed E-state index contributed by atoms with van der Waals surface area (Å²) in [6.45, 7) is 0. The molecular formula is C10H6N4O2S.